The number of nitrogens with zero attached hydrogens (tertiary/aromatic N) is 1. The van der Waals surface area contributed by atoms with Gasteiger partial charge in [0.2, 0.25) is 0 Å². The maximum Gasteiger partial charge on any atom is 0.166 e. The second-order valence-corrected chi connectivity index (χ2v) is 7.75. The largest absolute Gasteiger partial charge is 0.512 e. The van der Waals surface area contributed by atoms with Gasteiger partial charge in [-0.25, -0.2) is 4.98 Å². The number of ether oxygens (including phenoxy) is 1. The third-order valence-corrected chi connectivity index (χ3v) is 6.13. The first-order valence-electron chi connectivity index (χ1n) is 9.15. The number of Topliss-reactive ketones (excluding diaryl/α,β-unsaturated/α-hetero) is 1. The van der Waals surface area contributed by atoms with Gasteiger partial charge in [-0.1, -0.05) is 0 Å². The van der Waals surface area contributed by atoms with Crippen molar-refractivity contribution in [2.75, 3.05) is 7.11 Å². The number of aliphatic hydroxyl groups excluding tert-OH is 1. The highest BCUT2D eigenvalue weighted by Crippen LogP contribution is 2.43. The number of aromatic amines is 1. The van der Waals surface area contributed by atoms with Crippen LogP contribution in [-0.4, -0.2) is 28.0 Å². The zero-order valence-electron chi connectivity index (χ0n) is 15.3. The van der Waals surface area contributed by atoms with Crippen molar-refractivity contribution in [3.05, 3.63) is 53.2 Å². The maximum absolute atomic E-state index is 12.8. The number of methoxy groups -OCH3 is 1. The fourth-order valence-electron chi connectivity index (χ4n) is 3.94. The third-order valence-electron chi connectivity index (χ3n) is 5.27. The summed E-state index contributed by atoms with van der Waals surface area (Å²) < 4.78 is 6.29. The monoisotopic (exact) mass is 390 g/mol. The first-order valence-corrected chi connectivity index (χ1v) is 10.0. The van der Waals surface area contributed by atoms with Crippen LogP contribution in [0.2, 0.25) is 0 Å². The summed E-state index contributed by atoms with van der Waals surface area (Å²) in [6.45, 7) is 0. The molecular weight excluding hydrogens is 372 g/mol. The van der Waals surface area contributed by atoms with Gasteiger partial charge in [-0.2, -0.15) is 0 Å². The number of ketones is 1. The number of hydrogen-bond acceptors (Lipinski definition) is 5. The molecule has 0 saturated carbocycles. The lowest BCUT2D eigenvalue weighted by atomic mass is 9.88. The van der Waals surface area contributed by atoms with Crippen LogP contribution in [-0.2, 0) is 4.79 Å². The Balaban J connectivity index is 1.88. The third kappa shape index (κ3) is 2.52. The highest BCUT2D eigenvalue weighted by Gasteiger charge is 2.28. The highest BCUT2D eigenvalue weighted by atomic mass is 32.1. The molecule has 2 aromatic heterocycles. The first kappa shape index (κ1) is 17.0. The molecule has 2 N–H and O–H groups in total. The number of aliphatic hydroxyl groups is 1. The smallest absolute Gasteiger partial charge is 0.166 e. The number of hydrogen-bond donors (Lipinski definition) is 2. The number of thiazole rings is 1. The number of carbonyl (C=O) groups is 1. The van der Waals surface area contributed by atoms with Crippen molar-refractivity contribution in [2.45, 2.75) is 19.3 Å². The second kappa shape index (κ2) is 6.49. The minimum atomic E-state index is -0.0130. The molecule has 4 aromatic rings. The Morgan fingerprint density at radius 3 is 2.71 bits per heavy atom. The molecular formula is C22H18N2O3S. The summed E-state index contributed by atoms with van der Waals surface area (Å²) in [6, 6.07) is 11.7. The quantitative estimate of drug-likeness (QED) is 0.486. The number of aromatic nitrogens is 2. The van der Waals surface area contributed by atoms with Crippen LogP contribution in [0.5, 0.6) is 5.75 Å². The lowest BCUT2D eigenvalue weighted by molar-refractivity contribution is -0.114. The molecule has 0 aliphatic heterocycles. The van der Waals surface area contributed by atoms with E-state index in [0.717, 1.165) is 43.7 Å². The molecule has 0 bridgehead atoms. The number of H-pyrrole nitrogens is 1. The molecule has 0 atom stereocenters. The van der Waals surface area contributed by atoms with Gasteiger partial charge < -0.3 is 14.8 Å². The SMILES string of the molecule is COc1ccc(-c2[nH]c3ccc4ncsc4c3c2C2=C(O)CCCC2=O)cc1. The van der Waals surface area contributed by atoms with Crippen LogP contribution in [0.15, 0.2) is 47.7 Å². The summed E-state index contributed by atoms with van der Waals surface area (Å²) in [7, 11) is 1.63. The molecule has 0 amide bonds. The predicted molar refractivity (Wildman–Crippen MR) is 112 cm³/mol. The van der Waals surface area contributed by atoms with Crippen LogP contribution < -0.4 is 4.74 Å². The van der Waals surface area contributed by atoms with Crippen molar-refractivity contribution < 1.29 is 14.6 Å². The van der Waals surface area contributed by atoms with E-state index in [-0.39, 0.29) is 11.5 Å². The Bertz CT molecular complexity index is 1250. The Kier molecular flexibility index (Phi) is 3.94. The lowest BCUT2D eigenvalue weighted by Gasteiger charge is -2.16. The van der Waals surface area contributed by atoms with Crippen LogP contribution in [0.4, 0.5) is 0 Å². The second-order valence-electron chi connectivity index (χ2n) is 6.89. The maximum atomic E-state index is 12.8. The van der Waals surface area contributed by atoms with Gasteiger partial charge in [-0.15, -0.1) is 11.3 Å². The molecule has 0 spiro atoms. The van der Waals surface area contributed by atoms with Gasteiger partial charge in [0, 0.05) is 29.3 Å². The molecule has 2 heterocycles. The molecule has 0 unspecified atom stereocenters. The van der Waals surface area contributed by atoms with Crippen molar-refractivity contribution in [3.8, 4) is 17.0 Å². The first-order chi connectivity index (χ1) is 13.7. The highest BCUT2D eigenvalue weighted by molar-refractivity contribution is 7.17. The zero-order valence-corrected chi connectivity index (χ0v) is 16.1. The fourth-order valence-corrected chi connectivity index (χ4v) is 4.78. The summed E-state index contributed by atoms with van der Waals surface area (Å²) >= 11 is 1.55. The van der Waals surface area contributed by atoms with E-state index in [1.165, 1.54) is 0 Å². The van der Waals surface area contributed by atoms with Crippen LogP contribution in [0.3, 0.4) is 0 Å². The lowest BCUT2D eigenvalue weighted by Crippen LogP contribution is -2.11. The predicted octanol–water partition coefficient (Wildman–Crippen LogP) is 5.48. The van der Waals surface area contributed by atoms with E-state index < -0.39 is 0 Å². The van der Waals surface area contributed by atoms with Crippen LogP contribution in [0, 0.1) is 0 Å². The molecule has 5 nitrogen and oxygen atoms in total. The topological polar surface area (TPSA) is 75.2 Å². The van der Waals surface area contributed by atoms with Crippen molar-refractivity contribution in [3.63, 3.8) is 0 Å². The van der Waals surface area contributed by atoms with E-state index in [2.05, 4.69) is 9.97 Å². The van der Waals surface area contributed by atoms with E-state index in [1.807, 2.05) is 41.9 Å². The van der Waals surface area contributed by atoms with Gasteiger partial charge in [0.05, 0.1) is 34.1 Å². The molecule has 2 aromatic carbocycles. The Labute approximate surface area is 165 Å². The molecule has 5 rings (SSSR count). The molecule has 1 aliphatic carbocycles. The van der Waals surface area contributed by atoms with E-state index in [1.54, 1.807) is 18.4 Å². The molecule has 140 valence electrons. The molecule has 0 saturated heterocycles. The van der Waals surface area contributed by atoms with Gasteiger partial charge in [0.1, 0.15) is 11.5 Å². The average molecular weight is 390 g/mol. The normalized spacial score (nSPS) is 15.0. The van der Waals surface area contributed by atoms with Crippen LogP contribution >= 0.6 is 11.3 Å². The number of fused-ring (bicyclic) bond motifs is 3. The molecule has 0 fully saturated rings. The number of nitrogens with one attached hydrogen (secondary N) is 1. The van der Waals surface area contributed by atoms with E-state index in [0.29, 0.717) is 24.8 Å². The zero-order chi connectivity index (χ0) is 19.3. The number of rotatable bonds is 3. The van der Waals surface area contributed by atoms with Crippen LogP contribution in [0.25, 0.3) is 38.0 Å². The Hall–Kier alpha value is -3.12. The van der Waals surface area contributed by atoms with Gasteiger partial charge >= 0.3 is 0 Å². The van der Waals surface area contributed by atoms with Crippen molar-refractivity contribution >= 4 is 43.8 Å². The average Bonchev–Trinajstić information content (AvgIpc) is 3.32. The summed E-state index contributed by atoms with van der Waals surface area (Å²) in [4.78, 5) is 20.7. The number of benzene rings is 2. The molecule has 0 radical (unpaired) electrons. The number of carbonyl (C=O) groups excluding carboxylic acids is 1. The Morgan fingerprint density at radius 2 is 1.96 bits per heavy atom. The standard InChI is InChI=1S/C22H18N2O3S/c1-27-13-7-5-12(6-8-13)21-20(19-16(25)3-2-4-17(19)26)18-14(24-21)9-10-15-22(18)28-11-23-15/h5-11,24-25H,2-4H2,1H3. The van der Waals surface area contributed by atoms with Gasteiger partial charge in [-0.05, 0) is 48.4 Å². The van der Waals surface area contributed by atoms with E-state index in [4.69, 9.17) is 4.74 Å². The molecule has 28 heavy (non-hydrogen) atoms. The molecule has 6 heteroatoms. The van der Waals surface area contributed by atoms with Gasteiger partial charge in [-0.3, -0.25) is 4.79 Å². The summed E-state index contributed by atoms with van der Waals surface area (Å²) in [5.74, 6) is 0.927. The number of allylic oxidation sites excluding steroid dienone is 2. The van der Waals surface area contributed by atoms with E-state index >= 15 is 0 Å². The van der Waals surface area contributed by atoms with E-state index in [9.17, 15) is 9.90 Å². The molecule has 1 aliphatic rings. The van der Waals surface area contributed by atoms with Gasteiger partial charge in [0.25, 0.3) is 0 Å². The minimum Gasteiger partial charge on any atom is -0.512 e. The fraction of sp³-hybridized carbons (Fsp3) is 0.182. The van der Waals surface area contributed by atoms with Crippen molar-refractivity contribution in [1.82, 2.24) is 9.97 Å². The summed E-state index contributed by atoms with van der Waals surface area (Å²) in [5, 5.41) is 11.6. The minimum absolute atomic E-state index is 0.0130. The van der Waals surface area contributed by atoms with Crippen LogP contribution in [0.1, 0.15) is 24.8 Å². The summed E-state index contributed by atoms with van der Waals surface area (Å²) in [5.41, 5.74) is 6.60. The summed E-state index contributed by atoms with van der Waals surface area (Å²) in [6.07, 6.45) is 1.66. The van der Waals surface area contributed by atoms with Crippen molar-refractivity contribution in [2.24, 2.45) is 0 Å². The van der Waals surface area contributed by atoms with Gasteiger partial charge in [0.15, 0.2) is 5.78 Å². The van der Waals surface area contributed by atoms with Crippen molar-refractivity contribution in [1.29, 1.82) is 0 Å². The Morgan fingerprint density at radius 1 is 1.14 bits per heavy atom.